The van der Waals surface area contributed by atoms with E-state index in [0.717, 1.165) is 18.5 Å². The third kappa shape index (κ3) is 3.25. The van der Waals surface area contributed by atoms with E-state index in [1.807, 2.05) is 18.7 Å². The fourth-order valence-electron chi connectivity index (χ4n) is 3.81. The van der Waals surface area contributed by atoms with E-state index >= 15 is 0 Å². The molecule has 0 aliphatic heterocycles. The number of hydrogen-bond acceptors (Lipinski definition) is 2. The second kappa shape index (κ2) is 6.22. The maximum Gasteiger partial charge on any atom is 0.0995 e. The van der Waals surface area contributed by atoms with Crippen molar-refractivity contribution in [3.63, 3.8) is 0 Å². The number of aryl methyl sites for hydroxylation is 1. The Hall–Kier alpha value is -2.62. The van der Waals surface area contributed by atoms with Crippen LogP contribution in [0.3, 0.4) is 0 Å². The zero-order chi connectivity index (χ0) is 19.2. The van der Waals surface area contributed by atoms with E-state index < -0.39 is 0 Å². The van der Waals surface area contributed by atoms with Gasteiger partial charge in [0, 0.05) is 23.2 Å². The summed E-state index contributed by atoms with van der Waals surface area (Å²) in [6.07, 6.45) is 10.1. The summed E-state index contributed by atoms with van der Waals surface area (Å²) >= 11 is 0. The van der Waals surface area contributed by atoms with E-state index in [2.05, 4.69) is 85.1 Å². The van der Waals surface area contributed by atoms with Gasteiger partial charge in [0.1, 0.15) is 0 Å². The lowest BCUT2D eigenvalue weighted by molar-refractivity contribution is 0.472. The first kappa shape index (κ1) is 17.8. The van der Waals surface area contributed by atoms with Crippen molar-refractivity contribution < 1.29 is 0 Å². The second-order valence-electron chi connectivity index (χ2n) is 9.14. The molecule has 0 unspecified atom stereocenters. The fourth-order valence-corrected chi connectivity index (χ4v) is 3.81. The Bertz CT molecular complexity index is 1090. The Morgan fingerprint density at radius 3 is 2.26 bits per heavy atom. The molecule has 4 heteroatoms. The van der Waals surface area contributed by atoms with E-state index in [1.54, 1.807) is 0 Å². The van der Waals surface area contributed by atoms with Gasteiger partial charge in [-0.15, -0.1) is 0 Å². The summed E-state index contributed by atoms with van der Waals surface area (Å²) in [6.45, 7) is 11.2. The van der Waals surface area contributed by atoms with Crippen LogP contribution in [0.1, 0.15) is 58.0 Å². The third-order valence-electron chi connectivity index (χ3n) is 5.44. The maximum absolute atomic E-state index is 4.72. The Labute approximate surface area is 160 Å². The molecular formula is C23H28N4. The summed E-state index contributed by atoms with van der Waals surface area (Å²) in [7, 11) is 0. The van der Waals surface area contributed by atoms with Gasteiger partial charge >= 0.3 is 0 Å². The van der Waals surface area contributed by atoms with Crippen molar-refractivity contribution in [3.05, 3.63) is 72.3 Å². The van der Waals surface area contributed by atoms with Crippen LogP contribution in [0.4, 0.5) is 0 Å². The first-order valence-corrected chi connectivity index (χ1v) is 9.64. The summed E-state index contributed by atoms with van der Waals surface area (Å²) in [5.41, 5.74) is 6.14. The highest BCUT2D eigenvalue weighted by Gasteiger charge is 2.25. The van der Waals surface area contributed by atoms with Crippen molar-refractivity contribution in [2.75, 3.05) is 0 Å². The quantitative estimate of drug-likeness (QED) is 0.502. The predicted octanol–water partition coefficient (Wildman–Crippen LogP) is 5.19. The standard InChI is InChI=1S/C23H28N4/c1-22(2,3)20-19-14-17(10-13-27(19)15-24-20)9-11-23(4,5)21-18-8-6-7-12-26(18)16-25-21/h6-8,10,12-16H,9,11H2,1-5H3. The van der Waals surface area contributed by atoms with Crippen molar-refractivity contribution in [2.24, 2.45) is 0 Å². The van der Waals surface area contributed by atoms with Crippen LogP contribution in [0.15, 0.2) is 55.4 Å². The molecule has 4 heterocycles. The molecule has 0 atom stereocenters. The lowest BCUT2D eigenvalue weighted by Gasteiger charge is -2.23. The smallest absolute Gasteiger partial charge is 0.0995 e. The van der Waals surface area contributed by atoms with Crippen LogP contribution in [0, 0.1) is 0 Å². The molecule has 0 spiro atoms. The Morgan fingerprint density at radius 1 is 0.815 bits per heavy atom. The maximum atomic E-state index is 4.72. The fraction of sp³-hybridized carbons (Fsp3) is 0.391. The van der Waals surface area contributed by atoms with Gasteiger partial charge in [-0.05, 0) is 42.7 Å². The van der Waals surface area contributed by atoms with Crippen LogP contribution in [-0.4, -0.2) is 18.8 Å². The summed E-state index contributed by atoms with van der Waals surface area (Å²) in [5, 5.41) is 0. The normalized spacial score (nSPS) is 12.9. The van der Waals surface area contributed by atoms with E-state index in [0.29, 0.717) is 0 Å². The molecule has 0 fully saturated rings. The van der Waals surface area contributed by atoms with Crippen molar-refractivity contribution in [1.82, 2.24) is 18.8 Å². The summed E-state index contributed by atoms with van der Waals surface area (Å²) in [6, 6.07) is 10.8. The molecule has 140 valence electrons. The summed E-state index contributed by atoms with van der Waals surface area (Å²) < 4.78 is 4.23. The molecule has 4 aromatic heterocycles. The number of fused-ring (bicyclic) bond motifs is 2. The van der Waals surface area contributed by atoms with Gasteiger partial charge in [0.15, 0.2) is 0 Å². The summed E-state index contributed by atoms with van der Waals surface area (Å²) in [4.78, 5) is 9.36. The van der Waals surface area contributed by atoms with Gasteiger partial charge in [0.25, 0.3) is 0 Å². The minimum Gasteiger partial charge on any atom is -0.306 e. The van der Waals surface area contributed by atoms with Crippen LogP contribution in [-0.2, 0) is 17.3 Å². The second-order valence-corrected chi connectivity index (χ2v) is 9.14. The minimum absolute atomic E-state index is 0.00926. The molecule has 0 aliphatic carbocycles. The lowest BCUT2D eigenvalue weighted by atomic mass is 9.82. The van der Waals surface area contributed by atoms with E-state index in [1.165, 1.54) is 22.3 Å². The zero-order valence-corrected chi connectivity index (χ0v) is 16.9. The van der Waals surface area contributed by atoms with Crippen molar-refractivity contribution in [1.29, 1.82) is 0 Å². The van der Waals surface area contributed by atoms with Gasteiger partial charge in [-0.3, -0.25) is 0 Å². The number of aromatic nitrogens is 4. The zero-order valence-electron chi connectivity index (χ0n) is 16.9. The van der Waals surface area contributed by atoms with Gasteiger partial charge in [0.2, 0.25) is 0 Å². The SMILES string of the molecule is CC(C)(C)c1ncn2ccc(CCC(C)(C)c3ncn4ccccc34)cc12. The van der Waals surface area contributed by atoms with E-state index in [9.17, 15) is 0 Å². The number of imidazole rings is 2. The van der Waals surface area contributed by atoms with Crippen LogP contribution in [0.25, 0.3) is 11.0 Å². The van der Waals surface area contributed by atoms with Crippen molar-refractivity contribution >= 4 is 11.0 Å². The minimum atomic E-state index is 0.00926. The molecule has 4 nitrogen and oxygen atoms in total. The van der Waals surface area contributed by atoms with Gasteiger partial charge in [-0.1, -0.05) is 40.7 Å². The molecule has 0 aliphatic rings. The molecule has 0 saturated heterocycles. The molecule has 0 N–H and O–H groups in total. The number of pyridine rings is 2. The van der Waals surface area contributed by atoms with Crippen molar-refractivity contribution in [3.8, 4) is 0 Å². The average Bonchev–Trinajstić information content (AvgIpc) is 3.23. The van der Waals surface area contributed by atoms with Gasteiger partial charge in [-0.2, -0.15) is 0 Å². The van der Waals surface area contributed by atoms with Crippen LogP contribution >= 0.6 is 0 Å². The topological polar surface area (TPSA) is 34.6 Å². The molecule has 0 saturated carbocycles. The predicted molar refractivity (Wildman–Crippen MR) is 110 cm³/mol. The highest BCUT2D eigenvalue weighted by Crippen LogP contribution is 2.31. The Morgan fingerprint density at radius 2 is 1.52 bits per heavy atom. The van der Waals surface area contributed by atoms with E-state index in [4.69, 9.17) is 4.98 Å². The molecule has 0 radical (unpaired) electrons. The summed E-state index contributed by atoms with van der Waals surface area (Å²) in [5.74, 6) is 0. The average molecular weight is 361 g/mol. The highest BCUT2D eigenvalue weighted by atomic mass is 15.0. The van der Waals surface area contributed by atoms with Gasteiger partial charge in [0.05, 0.1) is 35.1 Å². The Kier molecular flexibility index (Phi) is 4.10. The molecule has 4 rings (SSSR count). The largest absolute Gasteiger partial charge is 0.306 e. The van der Waals surface area contributed by atoms with E-state index in [-0.39, 0.29) is 10.8 Å². The number of hydrogen-bond donors (Lipinski definition) is 0. The molecular weight excluding hydrogens is 332 g/mol. The first-order chi connectivity index (χ1) is 12.8. The Balaban J connectivity index is 1.61. The third-order valence-corrected chi connectivity index (χ3v) is 5.44. The van der Waals surface area contributed by atoms with Gasteiger partial charge in [-0.25, -0.2) is 9.97 Å². The van der Waals surface area contributed by atoms with Crippen molar-refractivity contribution in [2.45, 2.75) is 58.3 Å². The lowest BCUT2D eigenvalue weighted by Crippen LogP contribution is -2.19. The van der Waals surface area contributed by atoms with Crippen LogP contribution < -0.4 is 0 Å². The number of nitrogens with zero attached hydrogens (tertiary/aromatic N) is 4. The molecule has 0 aromatic carbocycles. The molecule has 27 heavy (non-hydrogen) atoms. The number of rotatable bonds is 4. The molecule has 0 amide bonds. The first-order valence-electron chi connectivity index (χ1n) is 9.64. The monoisotopic (exact) mass is 360 g/mol. The molecule has 0 bridgehead atoms. The highest BCUT2D eigenvalue weighted by molar-refractivity contribution is 5.57. The van der Waals surface area contributed by atoms with Crippen LogP contribution in [0.5, 0.6) is 0 Å². The molecule has 4 aromatic rings. The van der Waals surface area contributed by atoms with Gasteiger partial charge < -0.3 is 8.80 Å². The van der Waals surface area contributed by atoms with Crippen LogP contribution in [0.2, 0.25) is 0 Å².